The quantitative estimate of drug-likeness (QED) is 0.629. The first-order chi connectivity index (χ1) is 17.1. The minimum Gasteiger partial charge on any atom is -0.377 e. The molecule has 1 aliphatic carbocycles. The Morgan fingerprint density at radius 1 is 1.00 bits per heavy atom. The van der Waals surface area contributed by atoms with Crippen LogP contribution in [0.5, 0.6) is 0 Å². The van der Waals surface area contributed by atoms with Gasteiger partial charge in [-0.05, 0) is 86.9 Å². The molecule has 186 valence electrons. The highest BCUT2D eigenvalue weighted by Crippen LogP contribution is 2.37. The van der Waals surface area contributed by atoms with Gasteiger partial charge in [-0.1, -0.05) is 12.1 Å². The summed E-state index contributed by atoms with van der Waals surface area (Å²) in [4.78, 5) is 18.0. The van der Waals surface area contributed by atoms with E-state index in [1.54, 1.807) is 0 Å². The molecule has 0 radical (unpaired) electrons. The Labute approximate surface area is 208 Å². The second-order valence-electron chi connectivity index (χ2n) is 10.8. The Morgan fingerprint density at radius 3 is 2.49 bits per heavy atom. The molecule has 4 fully saturated rings. The summed E-state index contributed by atoms with van der Waals surface area (Å²) in [6, 6.07) is 17.3. The average molecular weight is 476 g/mol. The van der Waals surface area contributed by atoms with E-state index < -0.39 is 0 Å². The summed E-state index contributed by atoms with van der Waals surface area (Å²) in [5.74, 6) is 0.661. The summed E-state index contributed by atoms with van der Waals surface area (Å²) in [5, 5.41) is 3.05. The lowest BCUT2D eigenvalue weighted by Gasteiger charge is -2.30. The highest BCUT2D eigenvalue weighted by molar-refractivity contribution is 6.04. The molecule has 3 aliphatic heterocycles. The molecule has 4 atom stereocenters. The molecule has 6 nitrogen and oxygen atoms in total. The molecule has 3 heterocycles. The van der Waals surface area contributed by atoms with Gasteiger partial charge in [-0.15, -0.1) is 0 Å². The summed E-state index contributed by atoms with van der Waals surface area (Å²) in [7, 11) is 0. The van der Waals surface area contributed by atoms with E-state index in [0.717, 1.165) is 43.3 Å². The van der Waals surface area contributed by atoms with E-state index in [9.17, 15) is 4.79 Å². The first-order valence-corrected chi connectivity index (χ1v) is 13.4. The molecule has 35 heavy (non-hydrogen) atoms. The van der Waals surface area contributed by atoms with Crippen LogP contribution in [0.15, 0.2) is 48.5 Å². The van der Waals surface area contributed by atoms with E-state index in [-0.39, 0.29) is 5.91 Å². The largest absolute Gasteiger partial charge is 0.377 e. The number of carbonyl (C=O) groups is 1. The number of amides is 1. The molecule has 6 rings (SSSR count). The minimum absolute atomic E-state index is 0.0789. The van der Waals surface area contributed by atoms with Gasteiger partial charge in [-0.25, -0.2) is 0 Å². The molecule has 4 aliphatic rings. The van der Waals surface area contributed by atoms with Crippen LogP contribution in [0.25, 0.3) is 0 Å². The summed E-state index contributed by atoms with van der Waals surface area (Å²) < 4.78 is 11.7. The molecular formula is C29H37N3O3. The van der Waals surface area contributed by atoms with Crippen LogP contribution in [-0.2, 0) is 16.1 Å². The highest BCUT2D eigenvalue weighted by atomic mass is 16.5. The lowest BCUT2D eigenvalue weighted by Crippen LogP contribution is -2.41. The van der Waals surface area contributed by atoms with Crippen molar-refractivity contribution < 1.29 is 14.3 Å². The number of hydrogen-bond acceptors (Lipinski definition) is 5. The monoisotopic (exact) mass is 475 g/mol. The maximum Gasteiger partial charge on any atom is 0.255 e. The lowest BCUT2D eigenvalue weighted by atomic mass is 9.96. The maximum atomic E-state index is 12.8. The molecule has 6 heteroatoms. The van der Waals surface area contributed by atoms with Gasteiger partial charge in [0.05, 0.1) is 18.8 Å². The van der Waals surface area contributed by atoms with Crippen molar-refractivity contribution in [3.8, 4) is 0 Å². The second-order valence-corrected chi connectivity index (χ2v) is 10.8. The Bertz CT molecular complexity index is 1020. The van der Waals surface area contributed by atoms with Gasteiger partial charge < -0.3 is 19.7 Å². The SMILES string of the molecule is CC1OCCC1N1C[C@H]2CCN(c3ccc(NC(=O)c4ccc(COC5CCC5)cc4)cc3)[C@H]2C1. The van der Waals surface area contributed by atoms with Gasteiger partial charge in [0, 0.05) is 55.3 Å². The van der Waals surface area contributed by atoms with Crippen LogP contribution in [0.4, 0.5) is 11.4 Å². The topological polar surface area (TPSA) is 54.0 Å². The van der Waals surface area contributed by atoms with Gasteiger partial charge in [0.15, 0.2) is 0 Å². The van der Waals surface area contributed by atoms with Gasteiger partial charge in [0.2, 0.25) is 0 Å². The van der Waals surface area contributed by atoms with Crippen LogP contribution in [0.2, 0.25) is 0 Å². The Balaban J connectivity index is 1.04. The van der Waals surface area contributed by atoms with Gasteiger partial charge in [-0.3, -0.25) is 9.69 Å². The Kier molecular flexibility index (Phi) is 6.52. The van der Waals surface area contributed by atoms with E-state index in [4.69, 9.17) is 9.47 Å². The van der Waals surface area contributed by atoms with Crippen molar-refractivity contribution in [3.05, 3.63) is 59.7 Å². The van der Waals surface area contributed by atoms with Gasteiger partial charge in [0.25, 0.3) is 5.91 Å². The predicted molar refractivity (Wildman–Crippen MR) is 138 cm³/mol. The Morgan fingerprint density at radius 2 is 1.80 bits per heavy atom. The zero-order valence-electron chi connectivity index (χ0n) is 20.7. The zero-order chi connectivity index (χ0) is 23.8. The van der Waals surface area contributed by atoms with Gasteiger partial charge in [0.1, 0.15) is 0 Å². The average Bonchev–Trinajstić information content (AvgIpc) is 3.54. The fourth-order valence-corrected chi connectivity index (χ4v) is 6.23. The molecule has 2 aromatic rings. The van der Waals surface area contributed by atoms with Crippen molar-refractivity contribution >= 4 is 17.3 Å². The molecule has 0 aromatic heterocycles. The van der Waals surface area contributed by atoms with Crippen LogP contribution < -0.4 is 10.2 Å². The maximum absolute atomic E-state index is 12.8. The first kappa shape index (κ1) is 23.0. The summed E-state index contributed by atoms with van der Waals surface area (Å²) in [5.41, 5.74) is 3.86. The summed E-state index contributed by atoms with van der Waals surface area (Å²) >= 11 is 0. The molecule has 1 saturated carbocycles. The molecule has 2 unspecified atom stereocenters. The van der Waals surface area contributed by atoms with Crippen molar-refractivity contribution in [1.82, 2.24) is 4.90 Å². The second kappa shape index (κ2) is 9.92. The van der Waals surface area contributed by atoms with Crippen molar-refractivity contribution in [3.63, 3.8) is 0 Å². The summed E-state index contributed by atoms with van der Waals surface area (Å²) in [6.45, 7) is 7.17. The number of nitrogens with zero attached hydrogens (tertiary/aromatic N) is 2. The van der Waals surface area contributed by atoms with E-state index in [2.05, 4.69) is 34.2 Å². The van der Waals surface area contributed by atoms with Crippen molar-refractivity contribution in [2.45, 2.75) is 69.9 Å². The molecule has 0 spiro atoms. The molecule has 1 amide bonds. The van der Waals surface area contributed by atoms with Gasteiger partial charge >= 0.3 is 0 Å². The van der Waals surface area contributed by atoms with E-state index >= 15 is 0 Å². The standard InChI is InChI=1S/C29H37N3O3/c1-20-27(14-16-34-20)31-17-23-13-15-32(28(23)18-31)25-11-9-24(10-12-25)30-29(33)22-7-5-21(6-8-22)19-35-26-3-2-4-26/h5-12,20,23,26-28H,2-4,13-19H2,1H3,(H,30,33)/t20?,23-,27?,28+/m1/s1. The molecule has 0 bridgehead atoms. The smallest absolute Gasteiger partial charge is 0.255 e. The van der Waals surface area contributed by atoms with Gasteiger partial charge in [-0.2, -0.15) is 0 Å². The molecule has 2 aromatic carbocycles. The molecule has 1 N–H and O–H groups in total. The van der Waals surface area contributed by atoms with Crippen molar-refractivity contribution in [2.24, 2.45) is 5.92 Å². The third kappa shape index (κ3) is 4.84. The van der Waals surface area contributed by atoms with Crippen LogP contribution >= 0.6 is 0 Å². The third-order valence-electron chi connectivity index (χ3n) is 8.59. The third-order valence-corrected chi connectivity index (χ3v) is 8.59. The first-order valence-electron chi connectivity index (χ1n) is 13.4. The summed E-state index contributed by atoms with van der Waals surface area (Å²) in [6.07, 6.45) is 6.80. The number of ether oxygens (including phenoxy) is 2. The zero-order valence-corrected chi connectivity index (χ0v) is 20.7. The number of anilines is 2. The van der Waals surface area contributed by atoms with Crippen molar-refractivity contribution in [1.29, 1.82) is 0 Å². The van der Waals surface area contributed by atoms with Crippen LogP contribution in [0, 0.1) is 5.92 Å². The number of carbonyl (C=O) groups excluding carboxylic acids is 1. The molecule has 3 saturated heterocycles. The van der Waals surface area contributed by atoms with Crippen LogP contribution in [0.1, 0.15) is 54.9 Å². The van der Waals surface area contributed by atoms with E-state index in [1.807, 2.05) is 36.4 Å². The Hall–Kier alpha value is -2.41. The van der Waals surface area contributed by atoms with E-state index in [0.29, 0.717) is 36.5 Å². The number of fused-ring (bicyclic) bond motifs is 1. The number of hydrogen-bond donors (Lipinski definition) is 1. The van der Waals surface area contributed by atoms with Crippen molar-refractivity contribution in [2.75, 3.05) is 36.5 Å². The van der Waals surface area contributed by atoms with Crippen LogP contribution in [-0.4, -0.2) is 61.3 Å². The van der Waals surface area contributed by atoms with E-state index in [1.165, 1.54) is 37.9 Å². The molecular weight excluding hydrogens is 438 g/mol. The number of benzene rings is 2. The minimum atomic E-state index is -0.0789. The lowest BCUT2D eigenvalue weighted by molar-refractivity contribution is -0.00866. The number of rotatable bonds is 7. The fraction of sp³-hybridized carbons (Fsp3) is 0.552. The predicted octanol–water partition coefficient (Wildman–Crippen LogP) is 4.70. The normalized spacial score (nSPS) is 28.8. The van der Waals surface area contributed by atoms with Crippen LogP contribution in [0.3, 0.4) is 0 Å². The number of likely N-dealkylation sites (tertiary alicyclic amines) is 1. The highest BCUT2D eigenvalue weighted by Gasteiger charge is 2.45. The fourth-order valence-electron chi connectivity index (χ4n) is 6.23. The number of nitrogens with one attached hydrogen (secondary N) is 1.